The second-order valence-electron chi connectivity index (χ2n) is 12.4. The van der Waals surface area contributed by atoms with Crippen LogP contribution < -0.4 is 5.32 Å². The first kappa shape index (κ1) is 47.4. The molecule has 0 aromatic rings. The molecule has 0 fully saturated rings. The Bertz CT molecular complexity index is 1040. The van der Waals surface area contributed by atoms with Crippen LogP contribution in [0, 0.1) is 0 Å². The molecule has 0 spiro atoms. The number of hydrogen-bond donors (Lipinski definition) is 4. The van der Waals surface area contributed by atoms with Crippen LogP contribution in [0.1, 0.15) is 142 Å². The van der Waals surface area contributed by atoms with E-state index in [1.165, 1.54) is 25.7 Å². The first-order valence-electron chi connectivity index (χ1n) is 18.7. The van der Waals surface area contributed by atoms with Crippen molar-refractivity contribution >= 4 is 25.7 Å². The number of carbonyl (C=O) groups excluding carboxylic acids is 2. The van der Waals surface area contributed by atoms with Crippen molar-refractivity contribution in [1.82, 2.24) is 5.32 Å². The minimum Gasteiger partial charge on any atom is -0.480 e. The average molecular weight is 728 g/mol. The summed E-state index contributed by atoms with van der Waals surface area (Å²) in [5, 5.41) is 21.7. The van der Waals surface area contributed by atoms with Crippen molar-refractivity contribution in [3.05, 3.63) is 48.6 Å². The smallest absolute Gasteiger partial charge is 0.472 e. The maximum atomic E-state index is 12.2. The molecule has 0 aromatic carbocycles. The molecule has 3 unspecified atom stereocenters. The maximum absolute atomic E-state index is 12.2. The van der Waals surface area contributed by atoms with Crippen molar-refractivity contribution in [3.8, 4) is 0 Å². The summed E-state index contributed by atoms with van der Waals surface area (Å²) in [5.41, 5.74) is 0. The number of rotatable bonds is 34. The Kier molecular flexibility index (Phi) is 31.9. The first-order valence-corrected chi connectivity index (χ1v) is 20.2. The number of amides is 1. The lowest BCUT2D eigenvalue weighted by molar-refractivity contribution is -0.147. The van der Waals surface area contributed by atoms with Crippen LogP contribution in [0.25, 0.3) is 0 Å². The summed E-state index contributed by atoms with van der Waals surface area (Å²) in [6.45, 7) is 2.39. The van der Waals surface area contributed by atoms with Gasteiger partial charge in [0.15, 0.2) is 6.04 Å². The Labute approximate surface area is 301 Å². The highest BCUT2D eigenvalue weighted by Gasteiger charge is 2.28. The van der Waals surface area contributed by atoms with Crippen LogP contribution in [0.4, 0.5) is 0 Å². The van der Waals surface area contributed by atoms with Gasteiger partial charge < -0.3 is 25.2 Å². The van der Waals surface area contributed by atoms with Gasteiger partial charge >= 0.3 is 19.8 Å². The Balaban J connectivity index is 4.04. The van der Waals surface area contributed by atoms with E-state index in [9.17, 15) is 34.1 Å². The van der Waals surface area contributed by atoms with Crippen LogP contribution >= 0.6 is 7.82 Å². The number of aliphatic hydroxyl groups excluding tert-OH is 1. The highest BCUT2D eigenvalue weighted by molar-refractivity contribution is 7.47. The lowest BCUT2D eigenvalue weighted by Crippen LogP contribution is -2.43. The second kappa shape index (κ2) is 33.6. The number of nitrogens with one attached hydrogen (secondary N) is 1. The molecule has 0 heterocycles. The van der Waals surface area contributed by atoms with E-state index in [4.69, 9.17) is 13.8 Å². The molecule has 3 atom stereocenters. The lowest BCUT2D eigenvalue weighted by Gasteiger charge is -2.18. The number of carbonyl (C=O) groups is 3. The standard InChI is InChI=1S/C38H66NO10P/c1-3-5-7-9-11-13-15-17-19-21-23-25-27-29-36(41)39-35(38(43)44)33-49-50(45,46)48-32-34(40)31-47-37(42)30-28-26-24-22-20-18-16-14-12-10-8-6-4-2/h5,7,11,13-14,16-17,19,34-35,40H,3-4,6,8-10,12,15,18,20-33H2,1-2H3,(H,39,41)(H,43,44)(H,45,46)/b7-5-,13-11-,16-14-,19-17-. The SMILES string of the molecule is CC/C=C\C/C=C\C/C=C\CCCCCC(=O)NC(COP(=O)(O)OCC(O)COC(=O)CCCCCCC/C=C\CCCCCC)C(=O)O. The van der Waals surface area contributed by atoms with Gasteiger partial charge in [0.05, 0.1) is 13.2 Å². The quantitative estimate of drug-likeness (QED) is 0.0218. The third-order valence-corrected chi connectivity index (χ3v) is 8.55. The minimum atomic E-state index is -4.76. The van der Waals surface area contributed by atoms with Gasteiger partial charge in [-0.25, -0.2) is 9.36 Å². The molecule has 50 heavy (non-hydrogen) atoms. The predicted molar refractivity (Wildman–Crippen MR) is 199 cm³/mol. The summed E-state index contributed by atoms with van der Waals surface area (Å²) in [5.74, 6) is -2.43. The number of allylic oxidation sites excluding steroid dienone is 8. The fourth-order valence-electron chi connectivity index (χ4n) is 4.67. The molecule has 0 rings (SSSR count). The van der Waals surface area contributed by atoms with Crippen LogP contribution in [0.2, 0.25) is 0 Å². The number of carboxylic acids is 1. The lowest BCUT2D eigenvalue weighted by atomic mass is 10.1. The molecule has 0 saturated carbocycles. The second-order valence-corrected chi connectivity index (χ2v) is 13.8. The number of esters is 1. The molecule has 4 N–H and O–H groups in total. The van der Waals surface area contributed by atoms with Gasteiger partial charge in [0.1, 0.15) is 12.7 Å². The van der Waals surface area contributed by atoms with Crippen LogP contribution in [0.5, 0.6) is 0 Å². The molecular weight excluding hydrogens is 661 g/mol. The van der Waals surface area contributed by atoms with Crippen LogP contribution in [-0.4, -0.2) is 64.9 Å². The normalized spacial score (nSPS) is 14.5. The highest BCUT2D eigenvalue weighted by Crippen LogP contribution is 2.43. The monoisotopic (exact) mass is 727 g/mol. The van der Waals surface area contributed by atoms with Crippen LogP contribution in [-0.2, 0) is 32.7 Å². The summed E-state index contributed by atoms with van der Waals surface area (Å²) in [7, 11) is -4.76. The Morgan fingerprint density at radius 2 is 1.16 bits per heavy atom. The molecule has 12 heteroatoms. The van der Waals surface area contributed by atoms with Gasteiger partial charge in [-0.3, -0.25) is 18.6 Å². The zero-order valence-corrected chi connectivity index (χ0v) is 31.6. The average Bonchev–Trinajstić information content (AvgIpc) is 3.08. The third-order valence-electron chi connectivity index (χ3n) is 7.60. The topological polar surface area (TPSA) is 169 Å². The largest absolute Gasteiger partial charge is 0.480 e. The number of phosphoric acid groups is 1. The van der Waals surface area contributed by atoms with E-state index in [0.29, 0.717) is 12.8 Å². The molecular formula is C38H66NO10P. The highest BCUT2D eigenvalue weighted by atomic mass is 31.2. The van der Waals surface area contributed by atoms with Gasteiger partial charge in [0.2, 0.25) is 5.91 Å². The van der Waals surface area contributed by atoms with Crippen LogP contribution in [0.3, 0.4) is 0 Å². The molecule has 0 aliphatic carbocycles. The molecule has 0 aromatic heterocycles. The number of aliphatic carboxylic acids is 1. The number of phosphoric ester groups is 1. The molecule has 0 bridgehead atoms. The minimum absolute atomic E-state index is 0.108. The Morgan fingerprint density at radius 1 is 0.660 bits per heavy atom. The van der Waals surface area contributed by atoms with Crippen molar-refractivity contribution < 1.29 is 47.8 Å². The molecule has 0 aliphatic rings. The van der Waals surface area contributed by atoms with Crippen molar-refractivity contribution in [2.45, 2.75) is 154 Å². The van der Waals surface area contributed by atoms with E-state index in [-0.39, 0.29) is 12.8 Å². The zero-order valence-electron chi connectivity index (χ0n) is 30.7. The first-order chi connectivity index (χ1) is 24.1. The molecule has 0 aliphatic heterocycles. The van der Waals surface area contributed by atoms with E-state index in [1.54, 1.807) is 0 Å². The summed E-state index contributed by atoms with van der Waals surface area (Å²) in [6.07, 6.45) is 34.4. The zero-order chi connectivity index (χ0) is 37.1. The molecule has 1 amide bonds. The fourth-order valence-corrected chi connectivity index (χ4v) is 5.45. The summed E-state index contributed by atoms with van der Waals surface area (Å²) < 4.78 is 26.7. The van der Waals surface area contributed by atoms with Gasteiger partial charge in [0.25, 0.3) is 0 Å². The van der Waals surface area contributed by atoms with E-state index < -0.39 is 57.6 Å². The summed E-state index contributed by atoms with van der Waals surface area (Å²) in [4.78, 5) is 45.6. The van der Waals surface area contributed by atoms with Crippen molar-refractivity contribution in [1.29, 1.82) is 0 Å². The van der Waals surface area contributed by atoms with Gasteiger partial charge in [0, 0.05) is 12.8 Å². The maximum Gasteiger partial charge on any atom is 0.472 e. The van der Waals surface area contributed by atoms with E-state index in [2.05, 4.69) is 67.8 Å². The number of unbranched alkanes of at least 4 members (excludes halogenated alkanes) is 12. The summed E-state index contributed by atoms with van der Waals surface area (Å²) in [6, 6.07) is -1.56. The van der Waals surface area contributed by atoms with Gasteiger partial charge in [-0.15, -0.1) is 0 Å². The van der Waals surface area contributed by atoms with E-state index >= 15 is 0 Å². The van der Waals surface area contributed by atoms with Gasteiger partial charge in [-0.1, -0.05) is 107 Å². The molecule has 0 radical (unpaired) electrons. The third kappa shape index (κ3) is 32.6. The van der Waals surface area contributed by atoms with Crippen molar-refractivity contribution in [2.75, 3.05) is 19.8 Å². The Hall–Kier alpha value is -2.56. The predicted octanol–water partition coefficient (Wildman–Crippen LogP) is 8.66. The van der Waals surface area contributed by atoms with E-state index in [1.807, 2.05) is 0 Å². The molecule has 0 saturated heterocycles. The van der Waals surface area contributed by atoms with Gasteiger partial charge in [-0.05, 0) is 70.6 Å². The fraction of sp³-hybridized carbons (Fsp3) is 0.711. The Morgan fingerprint density at radius 3 is 1.78 bits per heavy atom. The molecule has 11 nitrogen and oxygen atoms in total. The number of hydrogen-bond acceptors (Lipinski definition) is 8. The van der Waals surface area contributed by atoms with Crippen molar-refractivity contribution in [2.24, 2.45) is 0 Å². The van der Waals surface area contributed by atoms with Crippen LogP contribution in [0.15, 0.2) is 48.6 Å². The molecule has 288 valence electrons. The number of carboxylic acid groups (broad SMARTS) is 1. The van der Waals surface area contributed by atoms with E-state index in [0.717, 1.165) is 77.0 Å². The summed E-state index contributed by atoms with van der Waals surface area (Å²) >= 11 is 0. The number of aliphatic hydroxyl groups is 1. The van der Waals surface area contributed by atoms with Crippen molar-refractivity contribution in [3.63, 3.8) is 0 Å². The number of ether oxygens (including phenoxy) is 1. The van der Waals surface area contributed by atoms with Gasteiger partial charge in [-0.2, -0.15) is 0 Å².